The van der Waals surface area contributed by atoms with Crippen LogP contribution in [0.25, 0.3) is 11.1 Å². The lowest BCUT2D eigenvalue weighted by Crippen LogP contribution is -1.87. The van der Waals surface area contributed by atoms with Gasteiger partial charge in [0.2, 0.25) is 0 Å². The highest BCUT2D eigenvalue weighted by atomic mass is 35.5. The summed E-state index contributed by atoms with van der Waals surface area (Å²) in [6.45, 7) is 0. The number of nitrogens with zero attached hydrogens (tertiary/aromatic N) is 1. The van der Waals surface area contributed by atoms with Gasteiger partial charge in [0.15, 0.2) is 6.29 Å². The van der Waals surface area contributed by atoms with E-state index in [1.807, 2.05) is 0 Å². The summed E-state index contributed by atoms with van der Waals surface area (Å²) >= 11 is 5.84. The van der Waals surface area contributed by atoms with Crippen molar-refractivity contribution in [3.05, 3.63) is 47.2 Å². The fourth-order valence-electron chi connectivity index (χ4n) is 1.42. The van der Waals surface area contributed by atoms with E-state index in [2.05, 4.69) is 4.98 Å². The molecule has 3 nitrogen and oxygen atoms in total. The summed E-state index contributed by atoms with van der Waals surface area (Å²) in [6.07, 6.45) is 2.17. The number of aldehydes is 1. The molecule has 0 aliphatic heterocycles. The molecule has 0 spiro atoms. The zero-order valence-electron chi connectivity index (χ0n) is 8.22. The minimum Gasteiger partial charge on any atom is -0.507 e. The molecule has 0 saturated carbocycles. The second-order valence-electron chi connectivity index (χ2n) is 3.25. The number of hydrogen-bond donors (Lipinski definition) is 1. The van der Waals surface area contributed by atoms with Crippen molar-refractivity contribution in [3.63, 3.8) is 0 Å². The van der Waals surface area contributed by atoms with E-state index in [-0.39, 0.29) is 5.75 Å². The second kappa shape index (κ2) is 4.33. The van der Waals surface area contributed by atoms with Gasteiger partial charge in [-0.25, -0.2) is 0 Å². The molecule has 0 atom stereocenters. The van der Waals surface area contributed by atoms with E-state index in [0.29, 0.717) is 28.1 Å². The molecule has 0 aliphatic rings. The molecule has 2 rings (SSSR count). The minimum atomic E-state index is 0.118. The monoisotopic (exact) mass is 233 g/mol. The predicted molar refractivity (Wildman–Crippen MR) is 61.7 cm³/mol. The molecule has 0 unspecified atom stereocenters. The maximum Gasteiger partial charge on any atom is 0.168 e. The van der Waals surface area contributed by atoms with Gasteiger partial charge in [-0.2, -0.15) is 0 Å². The molecule has 16 heavy (non-hydrogen) atoms. The molecule has 1 aromatic heterocycles. The van der Waals surface area contributed by atoms with Crippen molar-refractivity contribution < 1.29 is 9.90 Å². The van der Waals surface area contributed by atoms with Crippen LogP contribution in [0.1, 0.15) is 10.5 Å². The van der Waals surface area contributed by atoms with E-state index in [1.54, 1.807) is 24.3 Å². The molecule has 0 aliphatic carbocycles. The first-order valence-electron chi connectivity index (χ1n) is 4.61. The van der Waals surface area contributed by atoms with Crippen LogP contribution in [0.4, 0.5) is 0 Å². The summed E-state index contributed by atoms with van der Waals surface area (Å²) in [5.41, 5.74) is 1.60. The van der Waals surface area contributed by atoms with Crippen molar-refractivity contribution in [1.82, 2.24) is 4.98 Å². The van der Waals surface area contributed by atoms with Crippen LogP contribution in [0.2, 0.25) is 5.02 Å². The predicted octanol–water partition coefficient (Wildman–Crippen LogP) is 2.92. The SMILES string of the molecule is O=Cc1cc(-c2cc(Cl)ccc2O)ccn1. The van der Waals surface area contributed by atoms with E-state index in [4.69, 9.17) is 11.6 Å². The van der Waals surface area contributed by atoms with Crippen molar-refractivity contribution in [2.75, 3.05) is 0 Å². The van der Waals surface area contributed by atoms with E-state index in [0.717, 1.165) is 0 Å². The molecule has 1 heterocycles. The zero-order valence-corrected chi connectivity index (χ0v) is 8.98. The van der Waals surface area contributed by atoms with Crippen LogP contribution < -0.4 is 0 Å². The van der Waals surface area contributed by atoms with Crippen LogP contribution in [0.15, 0.2) is 36.5 Å². The Kier molecular flexibility index (Phi) is 2.88. The lowest BCUT2D eigenvalue weighted by molar-refractivity contribution is 0.111. The first-order valence-corrected chi connectivity index (χ1v) is 4.98. The van der Waals surface area contributed by atoms with Crippen LogP contribution in [0, 0.1) is 0 Å². The van der Waals surface area contributed by atoms with Gasteiger partial charge in [-0.1, -0.05) is 11.6 Å². The Labute approximate surface area is 97.3 Å². The van der Waals surface area contributed by atoms with Crippen molar-refractivity contribution in [2.45, 2.75) is 0 Å². The molecule has 1 aromatic carbocycles. The summed E-state index contributed by atoms with van der Waals surface area (Å²) < 4.78 is 0. The van der Waals surface area contributed by atoms with Gasteiger partial charge in [0.25, 0.3) is 0 Å². The summed E-state index contributed by atoms with van der Waals surface area (Å²) in [7, 11) is 0. The number of phenols is 1. The highest BCUT2D eigenvalue weighted by molar-refractivity contribution is 6.31. The minimum absolute atomic E-state index is 0.118. The van der Waals surface area contributed by atoms with Crippen LogP contribution in [0.5, 0.6) is 5.75 Å². The summed E-state index contributed by atoms with van der Waals surface area (Å²) in [5, 5.41) is 10.2. The maximum absolute atomic E-state index is 10.6. The lowest BCUT2D eigenvalue weighted by Gasteiger charge is -2.05. The molecular formula is C12H8ClNO2. The Morgan fingerprint density at radius 3 is 2.81 bits per heavy atom. The molecule has 0 fully saturated rings. The molecule has 0 radical (unpaired) electrons. The molecule has 0 saturated heterocycles. The first kappa shape index (κ1) is 10.6. The van der Waals surface area contributed by atoms with Gasteiger partial charge < -0.3 is 5.11 Å². The standard InChI is InChI=1S/C12H8ClNO2/c13-9-1-2-12(16)11(6-9)8-3-4-14-10(5-8)7-15/h1-7,16H. The third-order valence-corrected chi connectivity index (χ3v) is 2.41. The number of aromatic hydroxyl groups is 1. The largest absolute Gasteiger partial charge is 0.507 e. The van der Waals surface area contributed by atoms with E-state index in [9.17, 15) is 9.90 Å². The third-order valence-electron chi connectivity index (χ3n) is 2.17. The lowest BCUT2D eigenvalue weighted by atomic mass is 10.1. The van der Waals surface area contributed by atoms with Crippen LogP contribution >= 0.6 is 11.6 Å². The van der Waals surface area contributed by atoms with Gasteiger partial charge in [0, 0.05) is 16.8 Å². The first-order chi connectivity index (χ1) is 7.70. The number of carbonyl (C=O) groups is 1. The number of carbonyl (C=O) groups excluding carboxylic acids is 1. The summed E-state index contributed by atoms with van der Waals surface area (Å²) in [6, 6.07) is 8.05. The molecule has 0 amide bonds. The second-order valence-corrected chi connectivity index (χ2v) is 3.69. The van der Waals surface area contributed by atoms with Crippen molar-refractivity contribution >= 4 is 17.9 Å². The fraction of sp³-hybridized carbons (Fsp3) is 0. The van der Waals surface area contributed by atoms with Gasteiger partial charge in [-0.05, 0) is 35.9 Å². The van der Waals surface area contributed by atoms with Gasteiger partial charge in [-0.3, -0.25) is 9.78 Å². The van der Waals surface area contributed by atoms with Crippen LogP contribution in [0.3, 0.4) is 0 Å². The molecular weight excluding hydrogens is 226 g/mol. The van der Waals surface area contributed by atoms with Crippen LogP contribution in [-0.4, -0.2) is 16.4 Å². The number of benzene rings is 1. The number of aromatic nitrogens is 1. The van der Waals surface area contributed by atoms with E-state index in [1.165, 1.54) is 12.3 Å². The Bertz CT molecular complexity index is 540. The number of phenolic OH excluding ortho intramolecular Hbond substituents is 1. The number of hydrogen-bond acceptors (Lipinski definition) is 3. The van der Waals surface area contributed by atoms with Gasteiger partial charge in [0.05, 0.1) is 0 Å². The Morgan fingerprint density at radius 1 is 1.25 bits per heavy atom. The molecule has 80 valence electrons. The maximum atomic E-state index is 10.6. The zero-order chi connectivity index (χ0) is 11.5. The Hall–Kier alpha value is -1.87. The quantitative estimate of drug-likeness (QED) is 0.812. The molecule has 4 heteroatoms. The smallest absolute Gasteiger partial charge is 0.168 e. The van der Waals surface area contributed by atoms with Crippen molar-refractivity contribution in [3.8, 4) is 16.9 Å². The topological polar surface area (TPSA) is 50.2 Å². The number of halogens is 1. The highest BCUT2D eigenvalue weighted by Gasteiger charge is 2.06. The Balaban J connectivity index is 2.57. The van der Waals surface area contributed by atoms with Gasteiger partial charge >= 0.3 is 0 Å². The van der Waals surface area contributed by atoms with Gasteiger partial charge in [0.1, 0.15) is 11.4 Å². The van der Waals surface area contributed by atoms with Gasteiger partial charge in [-0.15, -0.1) is 0 Å². The molecule has 2 aromatic rings. The fourth-order valence-corrected chi connectivity index (χ4v) is 1.59. The normalized spacial score (nSPS) is 10.1. The number of pyridine rings is 1. The van der Waals surface area contributed by atoms with Crippen molar-refractivity contribution in [1.29, 1.82) is 0 Å². The third kappa shape index (κ3) is 2.04. The van der Waals surface area contributed by atoms with E-state index >= 15 is 0 Å². The summed E-state index contributed by atoms with van der Waals surface area (Å²) in [5.74, 6) is 0.118. The van der Waals surface area contributed by atoms with E-state index < -0.39 is 0 Å². The summed E-state index contributed by atoms with van der Waals surface area (Å²) in [4.78, 5) is 14.4. The van der Waals surface area contributed by atoms with Crippen molar-refractivity contribution in [2.24, 2.45) is 0 Å². The van der Waals surface area contributed by atoms with Crippen LogP contribution in [-0.2, 0) is 0 Å². The average molecular weight is 234 g/mol. The average Bonchev–Trinajstić information content (AvgIpc) is 2.32. The Morgan fingerprint density at radius 2 is 2.06 bits per heavy atom. The molecule has 0 bridgehead atoms. The highest BCUT2D eigenvalue weighted by Crippen LogP contribution is 2.31. The number of rotatable bonds is 2. The molecule has 1 N–H and O–H groups in total.